The summed E-state index contributed by atoms with van der Waals surface area (Å²) in [5.41, 5.74) is 21.6. The number of allylic oxidation sites excluding steroid dienone is 2. The van der Waals surface area contributed by atoms with Gasteiger partial charge in [-0.25, -0.2) is 4.98 Å². The van der Waals surface area contributed by atoms with Gasteiger partial charge in [0.2, 0.25) is 0 Å². The fraction of sp³-hybridized carbons (Fsp3) is 0.231. The van der Waals surface area contributed by atoms with E-state index in [0.717, 1.165) is 58.8 Å². The van der Waals surface area contributed by atoms with Gasteiger partial charge in [-0.05, 0) is 73.4 Å². The second-order valence-corrected chi connectivity index (χ2v) is 8.18. The molecule has 4 rings (SSSR count). The monoisotopic (exact) mass is 422 g/mol. The largest absolute Gasteiger partial charge is 0.398 e. The summed E-state index contributed by atoms with van der Waals surface area (Å²) >= 11 is 0. The van der Waals surface area contributed by atoms with Crippen molar-refractivity contribution < 1.29 is 0 Å². The van der Waals surface area contributed by atoms with E-state index in [0.29, 0.717) is 17.2 Å². The number of anilines is 3. The third-order valence-electron chi connectivity index (χ3n) is 6.05. The topological polar surface area (TPSA) is 114 Å². The van der Waals surface area contributed by atoms with Gasteiger partial charge in [-0.1, -0.05) is 12.2 Å². The highest BCUT2D eigenvalue weighted by atomic mass is 15.0. The quantitative estimate of drug-likeness (QED) is 0.378. The van der Waals surface area contributed by atoms with E-state index in [1.807, 2.05) is 19.1 Å². The number of nitrogens with two attached hydrogens (primary N) is 2. The lowest BCUT2D eigenvalue weighted by Crippen LogP contribution is -2.07. The minimum Gasteiger partial charge on any atom is -0.398 e. The van der Waals surface area contributed by atoms with Crippen molar-refractivity contribution >= 4 is 28.0 Å². The standard InChI is InChI=1S/C26H26N6/c1-3-21(8-17-4-6-18(12-27)7-5-17)32-26-11-20-9-19(10-24(28)23(20)14-31-26)22-13-30-15-25(29)16(22)2/h8-11,13-15,18H,1,4-7,28-29H2,2H3,(H,31,32). The summed E-state index contributed by atoms with van der Waals surface area (Å²) in [4.78, 5) is 8.75. The first kappa shape index (κ1) is 21.2. The second-order valence-electron chi connectivity index (χ2n) is 8.18. The molecule has 0 saturated heterocycles. The maximum atomic E-state index is 9.09. The number of nitrogens with one attached hydrogen (secondary N) is 1. The van der Waals surface area contributed by atoms with E-state index >= 15 is 0 Å². The summed E-state index contributed by atoms with van der Waals surface area (Å²) < 4.78 is 0. The van der Waals surface area contributed by atoms with Crippen molar-refractivity contribution in [1.82, 2.24) is 9.97 Å². The molecule has 0 radical (unpaired) electrons. The number of rotatable bonds is 4. The molecule has 1 aliphatic carbocycles. The number of hydrogen-bond donors (Lipinski definition) is 3. The normalized spacial score (nSPS) is 15.6. The zero-order valence-electron chi connectivity index (χ0n) is 18.2. The molecule has 3 aromatic rings. The summed E-state index contributed by atoms with van der Waals surface area (Å²) in [5, 5.41) is 14.2. The number of pyridine rings is 2. The van der Waals surface area contributed by atoms with E-state index in [-0.39, 0.29) is 5.92 Å². The summed E-state index contributed by atoms with van der Waals surface area (Å²) in [7, 11) is 0. The Morgan fingerprint density at radius 2 is 1.94 bits per heavy atom. The van der Waals surface area contributed by atoms with E-state index in [1.165, 1.54) is 5.57 Å². The van der Waals surface area contributed by atoms with Crippen LogP contribution in [0.1, 0.15) is 31.2 Å². The van der Waals surface area contributed by atoms with Gasteiger partial charge < -0.3 is 16.8 Å². The maximum Gasteiger partial charge on any atom is 0.131 e. The third kappa shape index (κ3) is 4.34. The minimum atomic E-state index is 0.164. The molecule has 1 aromatic carbocycles. The second kappa shape index (κ2) is 8.97. The van der Waals surface area contributed by atoms with Crippen molar-refractivity contribution in [3.8, 4) is 17.2 Å². The number of benzene rings is 1. The summed E-state index contributed by atoms with van der Waals surface area (Å²) in [6.07, 6.45) is 10.9. The predicted molar refractivity (Wildman–Crippen MR) is 130 cm³/mol. The lowest BCUT2D eigenvalue weighted by molar-refractivity contribution is 0.497. The number of nitriles is 1. The van der Waals surface area contributed by atoms with Gasteiger partial charge in [0.25, 0.3) is 0 Å². The number of fused-ring (bicyclic) bond motifs is 1. The highest BCUT2D eigenvalue weighted by Crippen LogP contribution is 2.33. The fourth-order valence-electron chi connectivity index (χ4n) is 4.08. The van der Waals surface area contributed by atoms with Crippen molar-refractivity contribution in [2.24, 2.45) is 5.92 Å². The van der Waals surface area contributed by atoms with Crippen LogP contribution in [0, 0.1) is 24.2 Å². The van der Waals surface area contributed by atoms with Gasteiger partial charge in [0.1, 0.15) is 5.82 Å². The molecular formula is C26H26N6. The smallest absolute Gasteiger partial charge is 0.131 e. The number of nitrogen functional groups attached to an aromatic ring is 2. The van der Waals surface area contributed by atoms with E-state index < -0.39 is 0 Å². The molecule has 1 saturated carbocycles. The minimum absolute atomic E-state index is 0.164. The highest BCUT2D eigenvalue weighted by Gasteiger charge is 2.16. The lowest BCUT2D eigenvalue weighted by atomic mass is 9.86. The average Bonchev–Trinajstić information content (AvgIpc) is 2.80. The molecule has 0 aliphatic heterocycles. The molecule has 6 heteroatoms. The van der Waals surface area contributed by atoms with Crippen LogP contribution in [-0.4, -0.2) is 9.97 Å². The molecule has 2 aromatic heterocycles. The van der Waals surface area contributed by atoms with Gasteiger partial charge >= 0.3 is 0 Å². The van der Waals surface area contributed by atoms with E-state index in [9.17, 15) is 0 Å². The van der Waals surface area contributed by atoms with Crippen molar-refractivity contribution in [3.63, 3.8) is 0 Å². The van der Waals surface area contributed by atoms with Crippen LogP contribution in [0.5, 0.6) is 0 Å². The summed E-state index contributed by atoms with van der Waals surface area (Å²) in [5.74, 6) is 0.849. The molecule has 5 N–H and O–H groups in total. The van der Waals surface area contributed by atoms with E-state index in [2.05, 4.69) is 45.8 Å². The third-order valence-corrected chi connectivity index (χ3v) is 6.05. The Hall–Kier alpha value is -4.07. The van der Waals surface area contributed by atoms with Crippen LogP contribution in [0.2, 0.25) is 0 Å². The van der Waals surface area contributed by atoms with Crippen LogP contribution in [0.4, 0.5) is 17.2 Å². The van der Waals surface area contributed by atoms with Crippen LogP contribution in [-0.2, 0) is 0 Å². The molecule has 6 nitrogen and oxygen atoms in total. The Morgan fingerprint density at radius 3 is 2.66 bits per heavy atom. The molecule has 160 valence electrons. The molecule has 1 aliphatic rings. The molecule has 2 heterocycles. The van der Waals surface area contributed by atoms with Crippen molar-refractivity contribution in [2.75, 3.05) is 16.8 Å². The van der Waals surface area contributed by atoms with Crippen molar-refractivity contribution in [2.45, 2.75) is 32.6 Å². The molecule has 0 bridgehead atoms. The number of nitrogens with zero attached hydrogens (tertiary/aromatic N) is 3. The van der Waals surface area contributed by atoms with E-state index in [1.54, 1.807) is 18.6 Å². The first-order chi connectivity index (χ1) is 15.5. The Kier molecular flexibility index (Phi) is 5.93. The summed E-state index contributed by atoms with van der Waals surface area (Å²) in [6.45, 7) is 5.79. The van der Waals surface area contributed by atoms with Crippen molar-refractivity contribution in [3.05, 3.63) is 72.0 Å². The molecular weight excluding hydrogens is 396 g/mol. The van der Waals surface area contributed by atoms with E-state index in [4.69, 9.17) is 16.7 Å². The molecule has 32 heavy (non-hydrogen) atoms. The van der Waals surface area contributed by atoms with Crippen LogP contribution in [0.25, 0.3) is 21.9 Å². The number of aromatic nitrogens is 2. The SMILES string of the molecule is C=C=C(C=C1CCC(C#N)CC1)Nc1cc2cc(-c3cncc(N)c3C)cc(N)c2cn1. The Labute approximate surface area is 188 Å². The highest BCUT2D eigenvalue weighted by molar-refractivity contribution is 5.97. The summed E-state index contributed by atoms with van der Waals surface area (Å²) in [6, 6.07) is 8.33. The molecule has 0 unspecified atom stereocenters. The fourth-order valence-corrected chi connectivity index (χ4v) is 4.08. The zero-order chi connectivity index (χ0) is 22.7. The van der Waals surface area contributed by atoms with Gasteiger partial charge in [0, 0.05) is 34.9 Å². The van der Waals surface area contributed by atoms with Gasteiger partial charge in [0.05, 0.1) is 23.7 Å². The average molecular weight is 423 g/mol. The van der Waals surface area contributed by atoms with Gasteiger partial charge in [-0.3, -0.25) is 4.98 Å². The Balaban J connectivity index is 1.63. The van der Waals surface area contributed by atoms with Crippen LogP contribution >= 0.6 is 0 Å². The predicted octanol–water partition coefficient (Wildman–Crippen LogP) is 5.49. The molecule has 0 spiro atoms. The molecule has 0 atom stereocenters. The van der Waals surface area contributed by atoms with Crippen molar-refractivity contribution in [1.29, 1.82) is 5.26 Å². The first-order valence-corrected chi connectivity index (χ1v) is 10.6. The van der Waals surface area contributed by atoms with Crippen LogP contribution in [0.15, 0.2) is 66.4 Å². The Morgan fingerprint density at radius 1 is 1.16 bits per heavy atom. The zero-order valence-corrected chi connectivity index (χ0v) is 18.2. The Bertz CT molecular complexity index is 1300. The maximum absolute atomic E-state index is 9.09. The van der Waals surface area contributed by atoms with Gasteiger partial charge in [0.15, 0.2) is 0 Å². The number of hydrogen-bond acceptors (Lipinski definition) is 6. The van der Waals surface area contributed by atoms with Gasteiger partial charge in [-0.15, -0.1) is 5.73 Å². The van der Waals surface area contributed by atoms with Crippen LogP contribution in [0.3, 0.4) is 0 Å². The van der Waals surface area contributed by atoms with Gasteiger partial charge in [-0.2, -0.15) is 5.26 Å². The van der Waals surface area contributed by atoms with Crippen LogP contribution < -0.4 is 16.8 Å². The lowest BCUT2D eigenvalue weighted by Gasteiger charge is -2.18. The molecule has 1 fully saturated rings. The first-order valence-electron chi connectivity index (χ1n) is 10.6. The molecule has 0 amide bonds.